The van der Waals surface area contributed by atoms with E-state index in [1.165, 1.54) is 25.7 Å². The first-order chi connectivity index (χ1) is 10.2. The van der Waals surface area contributed by atoms with Gasteiger partial charge in [0.2, 0.25) is 0 Å². The zero-order chi connectivity index (χ0) is 14.6. The van der Waals surface area contributed by atoms with E-state index in [4.69, 9.17) is 11.6 Å². The van der Waals surface area contributed by atoms with Crippen LogP contribution in [0.15, 0.2) is 24.3 Å². The molecule has 0 spiro atoms. The number of benzene rings is 1. The van der Waals surface area contributed by atoms with Crippen molar-refractivity contribution in [2.75, 3.05) is 0 Å². The number of para-hydroxylation sites is 1. The molecule has 1 aromatic carbocycles. The van der Waals surface area contributed by atoms with Gasteiger partial charge in [0.1, 0.15) is 5.69 Å². The van der Waals surface area contributed by atoms with Gasteiger partial charge in [-0.15, -0.1) is 0 Å². The highest BCUT2D eigenvalue weighted by Gasteiger charge is 2.42. The summed E-state index contributed by atoms with van der Waals surface area (Å²) in [5, 5.41) is 4.77. The highest BCUT2D eigenvalue weighted by atomic mass is 35.5. The van der Waals surface area contributed by atoms with E-state index in [2.05, 4.69) is 5.32 Å². The lowest BCUT2D eigenvalue weighted by Crippen LogP contribution is -2.39. The number of carbonyl (C=O) groups excluding carboxylic acids is 1. The molecule has 0 aliphatic heterocycles. The Morgan fingerprint density at radius 1 is 1.24 bits per heavy atom. The molecular weight excluding hydrogens is 284 g/mol. The van der Waals surface area contributed by atoms with E-state index < -0.39 is 0 Å². The normalized spacial score (nSPS) is 18.4. The number of hydrogen-bond donors (Lipinski definition) is 1. The van der Waals surface area contributed by atoms with Gasteiger partial charge >= 0.3 is 0 Å². The molecule has 4 heteroatoms. The number of fused-ring (bicyclic) bond motifs is 1. The third kappa shape index (κ3) is 2.24. The van der Waals surface area contributed by atoms with E-state index >= 15 is 0 Å². The summed E-state index contributed by atoms with van der Waals surface area (Å²) in [5.74, 6) is 1.35. The van der Waals surface area contributed by atoms with Crippen LogP contribution in [0.5, 0.6) is 0 Å². The fourth-order valence-corrected chi connectivity index (χ4v) is 3.72. The molecule has 110 valence electrons. The van der Waals surface area contributed by atoms with Crippen molar-refractivity contribution < 1.29 is 4.79 Å². The highest BCUT2D eigenvalue weighted by Crippen LogP contribution is 2.44. The smallest absolute Gasteiger partial charge is 0.269 e. The maximum absolute atomic E-state index is 12.7. The molecule has 0 saturated heterocycles. The third-order valence-corrected chi connectivity index (χ3v) is 5.20. The number of rotatable bonds is 4. The Kier molecular flexibility index (Phi) is 3.00. The molecule has 21 heavy (non-hydrogen) atoms. The van der Waals surface area contributed by atoms with Crippen molar-refractivity contribution in [1.29, 1.82) is 0 Å². The van der Waals surface area contributed by atoms with E-state index in [1.54, 1.807) is 0 Å². The van der Waals surface area contributed by atoms with Crippen molar-refractivity contribution in [3.05, 3.63) is 35.0 Å². The second-order valence-corrected chi connectivity index (χ2v) is 6.79. The summed E-state index contributed by atoms with van der Waals surface area (Å²) >= 11 is 6.45. The van der Waals surface area contributed by atoms with Crippen LogP contribution < -0.4 is 5.32 Å². The van der Waals surface area contributed by atoms with Crippen LogP contribution in [0, 0.1) is 11.8 Å². The molecule has 4 rings (SSSR count). The number of nitrogens with one attached hydrogen (secondary N) is 1. The average molecular weight is 303 g/mol. The summed E-state index contributed by atoms with van der Waals surface area (Å²) in [4.78, 5) is 12.7. The zero-order valence-corrected chi connectivity index (χ0v) is 12.9. The standard InChI is InChI=1S/C17H19ClN2O/c1-20-13-5-3-2-4-12(13)14(18)16(20)17(21)19-15(10-6-7-10)11-8-9-11/h2-5,10-11,15H,6-9H2,1H3,(H,19,21). The largest absolute Gasteiger partial charge is 0.347 e. The second-order valence-electron chi connectivity index (χ2n) is 6.41. The maximum atomic E-state index is 12.7. The summed E-state index contributed by atoms with van der Waals surface area (Å²) in [7, 11) is 1.91. The predicted octanol–water partition coefficient (Wildman–Crippen LogP) is 3.75. The van der Waals surface area contributed by atoms with E-state index in [-0.39, 0.29) is 5.91 Å². The summed E-state index contributed by atoms with van der Waals surface area (Å²) in [6.45, 7) is 0. The van der Waals surface area contributed by atoms with Crippen LogP contribution in [0.4, 0.5) is 0 Å². The minimum Gasteiger partial charge on any atom is -0.347 e. The first-order valence-electron chi connectivity index (χ1n) is 7.70. The van der Waals surface area contributed by atoms with Gasteiger partial charge in [0, 0.05) is 24.0 Å². The van der Waals surface area contributed by atoms with Crippen molar-refractivity contribution in [1.82, 2.24) is 9.88 Å². The Balaban J connectivity index is 1.67. The fourth-order valence-electron chi connectivity index (χ4n) is 3.35. The molecular formula is C17H19ClN2O. The summed E-state index contributed by atoms with van der Waals surface area (Å²) < 4.78 is 1.91. The lowest BCUT2D eigenvalue weighted by atomic mass is 10.1. The van der Waals surface area contributed by atoms with E-state index in [0.717, 1.165) is 10.9 Å². The first kappa shape index (κ1) is 13.2. The number of carbonyl (C=O) groups is 1. The number of aryl methyl sites for hydroxylation is 1. The molecule has 1 N–H and O–H groups in total. The summed E-state index contributed by atoms with van der Waals surface area (Å²) in [6.07, 6.45) is 5.02. The Morgan fingerprint density at radius 3 is 2.43 bits per heavy atom. The van der Waals surface area contributed by atoms with Crippen LogP contribution in [0.2, 0.25) is 5.02 Å². The van der Waals surface area contributed by atoms with Crippen molar-refractivity contribution >= 4 is 28.4 Å². The average Bonchev–Trinajstić information content (AvgIpc) is 3.38. The number of halogens is 1. The van der Waals surface area contributed by atoms with Gasteiger partial charge in [-0.25, -0.2) is 0 Å². The first-order valence-corrected chi connectivity index (χ1v) is 8.08. The summed E-state index contributed by atoms with van der Waals surface area (Å²) in [5.41, 5.74) is 1.59. The van der Waals surface area contributed by atoms with Crippen LogP contribution in [-0.2, 0) is 7.05 Å². The quantitative estimate of drug-likeness (QED) is 0.917. The third-order valence-electron chi connectivity index (χ3n) is 4.82. The number of aromatic nitrogens is 1. The maximum Gasteiger partial charge on any atom is 0.269 e. The second kappa shape index (κ2) is 4.77. The Hall–Kier alpha value is -1.48. The minimum absolute atomic E-state index is 0.0255. The molecule has 0 radical (unpaired) electrons. The molecule has 1 heterocycles. The van der Waals surface area contributed by atoms with Gasteiger partial charge < -0.3 is 9.88 Å². The molecule has 2 fully saturated rings. The van der Waals surface area contributed by atoms with Gasteiger partial charge in [-0.3, -0.25) is 4.79 Å². The van der Waals surface area contributed by atoms with Gasteiger partial charge in [-0.1, -0.05) is 29.8 Å². The number of hydrogen-bond acceptors (Lipinski definition) is 1. The molecule has 2 aliphatic rings. The molecule has 0 atom stereocenters. The lowest BCUT2D eigenvalue weighted by Gasteiger charge is -2.18. The van der Waals surface area contributed by atoms with Gasteiger partial charge in [-0.2, -0.15) is 0 Å². The van der Waals surface area contributed by atoms with Crippen molar-refractivity contribution in [3.63, 3.8) is 0 Å². The van der Waals surface area contributed by atoms with Crippen LogP contribution in [0.3, 0.4) is 0 Å². The zero-order valence-electron chi connectivity index (χ0n) is 12.1. The van der Waals surface area contributed by atoms with Crippen LogP contribution in [0.1, 0.15) is 36.2 Å². The highest BCUT2D eigenvalue weighted by molar-refractivity contribution is 6.38. The summed E-state index contributed by atoms with van der Waals surface area (Å²) in [6, 6.07) is 8.24. The van der Waals surface area contributed by atoms with E-state index in [9.17, 15) is 4.79 Å². The Morgan fingerprint density at radius 2 is 1.86 bits per heavy atom. The van der Waals surface area contributed by atoms with Gasteiger partial charge in [-0.05, 0) is 43.6 Å². The Labute approximate surface area is 129 Å². The molecule has 0 bridgehead atoms. The van der Waals surface area contributed by atoms with Crippen LogP contribution in [-0.4, -0.2) is 16.5 Å². The molecule has 3 nitrogen and oxygen atoms in total. The van der Waals surface area contributed by atoms with Crippen LogP contribution >= 0.6 is 11.6 Å². The van der Waals surface area contributed by atoms with Gasteiger partial charge in [0.15, 0.2) is 0 Å². The SMILES string of the molecule is Cn1c(C(=O)NC(C2CC2)C2CC2)c(Cl)c2ccccc21. The molecule has 1 amide bonds. The van der Waals surface area contributed by atoms with E-state index in [0.29, 0.717) is 28.6 Å². The Bertz CT molecular complexity index is 662. The molecule has 0 unspecified atom stereocenters. The van der Waals surface area contributed by atoms with Crippen LogP contribution in [0.25, 0.3) is 10.9 Å². The molecule has 2 saturated carbocycles. The lowest BCUT2D eigenvalue weighted by molar-refractivity contribution is 0.0918. The predicted molar refractivity (Wildman–Crippen MR) is 84.6 cm³/mol. The molecule has 2 aromatic rings. The van der Waals surface area contributed by atoms with Crippen molar-refractivity contribution in [3.8, 4) is 0 Å². The van der Waals surface area contributed by atoms with Crippen molar-refractivity contribution in [2.45, 2.75) is 31.7 Å². The number of amides is 1. The van der Waals surface area contributed by atoms with Gasteiger partial charge in [0.05, 0.1) is 5.02 Å². The van der Waals surface area contributed by atoms with Crippen molar-refractivity contribution in [2.24, 2.45) is 18.9 Å². The molecule has 2 aliphatic carbocycles. The minimum atomic E-state index is -0.0255. The van der Waals surface area contributed by atoms with E-state index in [1.807, 2.05) is 35.9 Å². The fraction of sp³-hybridized carbons (Fsp3) is 0.471. The topological polar surface area (TPSA) is 34.0 Å². The monoisotopic (exact) mass is 302 g/mol. The molecule has 1 aromatic heterocycles. The number of nitrogens with zero attached hydrogens (tertiary/aromatic N) is 1. The van der Waals surface area contributed by atoms with Gasteiger partial charge in [0.25, 0.3) is 5.91 Å².